The Kier molecular flexibility index (Phi) is 5.33. The molecule has 0 saturated carbocycles. The van der Waals surface area contributed by atoms with Crippen LogP contribution in [0.5, 0.6) is 5.75 Å². The lowest BCUT2D eigenvalue weighted by Gasteiger charge is -2.34. The van der Waals surface area contributed by atoms with E-state index in [0.29, 0.717) is 18.5 Å². The number of carbonyl (C=O) groups excluding carboxylic acids is 2. The summed E-state index contributed by atoms with van der Waals surface area (Å²) in [6.07, 6.45) is 3.75. The van der Waals surface area contributed by atoms with E-state index in [0.717, 1.165) is 42.6 Å². The summed E-state index contributed by atoms with van der Waals surface area (Å²) in [6, 6.07) is 15.3. The van der Waals surface area contributed by atoms with Crippen LogP contribution in [0.4, 0.5) is 0 Å². The Bertz CT molecular complexity index is 861. The molecule has 0 radical (unpaired) electrons. The molecule has 0 bridgehead atoms. The number of methoxy groups -OCH3 is 1. The number of rotatable bonds is 3. The first-order valence-electron chi connectivity index (χ1n) is 9.90. The average molecular weight is 379 g/mol. The van der Waals surface area contributed by atoms with Crippen LogP contribution >= 0.6 is 0 Å². The Labute approximate surface area is 165 Å². The molecule has 0 spiro atoms. The summed E-state index contributed by atoms with van der Waals surface area (Å²) < 4.78 is 10.8. The molecular weight excluding hydrogens is 354 g/mol. The van der Waals surface area contributed by atoms with E-state index in [-0.39, 0.29) is 11.9 Å². The Morgan fingerprint density at radius 2 is 1.86 bits per heavy atom. The maximum atomic E-state index is 13.4. The van der Waals surface area contributed by atoms with Crippen molar-refractivity contribution in [2.75, 3.05) is 13.7 Å². The maximum Gasteiger partial charge on any atom is 0.339 e. The molecule has 1 amide bonds. The van der Waals surface area contributed by atoms with E-state index in [1.54, 1.807) is 13.2 Å². The van der Waals surface area contributed by atoms with E-state index in [1.165, 1.54) is 0 Å². The highest BCUT2D eigenvalue weighted by Gasteiger charge is 2.37. The summed E-state index contributed by atoms with van der Waals surface area (Å²) in [5.41, 5.74) is 2.54. The molecule has 5 heteroatoms. The number of fused-ring (bicyclic) bond motifs is 1. The zero-order valence-corrected chi connectivity index (χ0v) is 16.1. The van der Waals surface area contributed by atoms with Crippen LogP contribution in [-0.4, -0.2) is 36.5 Å². The molecule has 2 aliphatic heterocycles. The second-order valence-corrected chi connectivity index (χ2v) is 7.43. The summed E-state index contributed by atoms with van der Waals surface area (Å²) in [4.78, 5) is 27.7. The maximum absolute atomic E-state index is 13.4. The Morgan fingerprint density at radius 1 is 1.07 bits per heavy atom. The molecular formula is C23H25NO4. The number of cyclic esters (lactones) is 1. The number of hydrogen-bond donors (Lipinski definition) is 0. The predicted molar refractivity (Wildman–Crippen MR) is 105 cm³/mol. The zero-order chi connectivity index (χ0) is 19.5. The number of ether oxygens (including phenoxy) is 2. The summed E-state index contributed by atoms with van der Waals surface area (Å²) in [6.45, 7) is 0.686. The largest absolute Gasteiger partial charge is 0.497 e. The number of likely N-dealkylation sites (tertiary alicyclic amines) is 1. The number of hydrogen-bond acceptors (Lipinski definition) is 4. The molecule has 2 aliphatic rings. The van der Waals surface area contributed by atoms with E-state index >= 15 is 0 Å². The lowest BCUT2D eigenvalue weighted by Crippen LogP contribution is -2.46. The molecule has 0 aromatic heterocycles. The molecule has 2 aromatic rings. The van der Waals surface area contributed by atoms with Crippen LogP contribution < -0.4 is 4.74 Å². The first kappa shape index (κ1) is 18.5. The van der Waals surface area contributed by atoms with Crippen LogP contribution in [0, 0.1) is 0 Å². The predicted octanol–water partition coefficient (Wildman–Crippen LogP) is 3.92. The average Bonchev–Trinajstić information content (AvgIpc) is 2.99. The number of amides is 1. The SMILES string of the molecule is COc1ccc([C@@H]2CCCCCN2C(=O)[C@H]2Cc3ccccc3C(=O)O2)cc1. The van der Waals surface area contributed by atoms with Gasteiger partial charge in [0.25, 0.3) is 5.91 Å². The van der Waals surface area contributed by atoms with Gasteiger partial charge in [-0.1, -0.05) is 43.2 Å². The van der Waals surface area contributed by atoms with Crippen LogP contribution in [0.1, 0.15) is 53.2 Å². The minimum Gasteiger partial charge on any atom is -0.497 e. The van der Waals surface area contributed by atoms with E-state index < -0.39 is 12.1 Å². The fourth-order valence-electron chi connectivity index (χ4n) is 4.20. The Morgan fingerprint density at radius 3 is 2.64 bits per heavy atom. The van der Waals surface area contributed by atoms with Crippen molar-refractivity contribution in [2.24, 2.45) is 0 Å². The van der Waals surface area contributed by atoms with E-state index in [4.69, 9.17) is 9.47 Å². The van der Waals surface area contributed by atoms with E-state index in [9.17, 15) is 9.59 Å². The molecule has 0 aliphatic carbocycles. The fraction of sp³-hybridized carbons (Fsp3) is 0.391. The highest BCUT2D eigenvalue weighted by Crippen LogP contribution is 2.33. The quantitative estimate of drug-likeness (QED) is 0.759. The zero-order valence-electron chi connectivity index (χ0n) is 16.1. The summed E-state index contributed by atoms with van der Waals surface area (Å²) >= 11 is 0. The Balaban J connectivity index is 1.59. The van der Waals surface area contributed by atoms with Gasteiger partial charge in [0, 0.05) is 13.0 Å². The molecule has 4 rings (SSSR count). The van der Waals surface area contributed by atoms with Gasteiger partial charge >= 0.3 is 5.97 Å². The molecule has 2 heterocycles. The topological polar surface area (TPSA) is 55.8 Å². The van der Waals surface area contributed by atoms with E-state index in [1.807, 2.05) is 47.4 Å². The molecule has 1 saturated heterocycles. The van der Waals surface area contributed by atoms with Gasteiger partial charge in [0.15, 0.2) is 6.10 Å². The van der Waals surface area contributed by atoms with Gasteiger partial charge in [0.05, 0.1) is 18.7 Å². The molecule has 5 nitrogen and oxygen atoms in total. The third-order valence-electron chi connectivity index (χ3n) is 5.70. The monoisotopic (exact) mass is 379 g/mol. The smallest absolute Gasteiger partial charge is 0.339 e. The van der Waals surface area contributed by atoms with Gasteiger partial charge in [-0.3, -0.25) is 4.79 Å². The van der Waals surface area contributed by atoms with Crippen molar-refractivity contribution in [3.8, 4) is 5.75 Å². The van der Waals surface area contributed by atoms with Crippen LogP contribution in [0.25, 0.3) is 0 Å². The standard InChI is InChI=1S/C23H25NO4/c1-27-18-12-10-16(11-13-18)20-9-3-2-6-14-24(20)22(25)21-15-17-7-4-5-8-19(17)23(26)28-21/h4-5,7-8,10-13,20-21H,2-3,6,9,14-15H2,1H3/t20-,21+/m0/s1. The van der Waals surface area contributed by atoms with Crippen molar-refractivity contribution in [3.63, 3.8) is 0 Å². The first-order valence-corrected chi connectivity index (χ1v) is 9.90. The van der Waals surface area contributed by atoms with Crippen LogP contribution in [-0.2, 0) is 16.0 Å². The molecule has 0 unspecified atom stereocenters. The molecule has 1 fully saturated rings. The van der Waals surface area contributed by atoms with Crippen molar-refractivity contribution in [3.05, 3.63) is 65.2 Å². The van der Waals surface area contributed by atoms with Gasteiger partial charge in [-0.05, 0) is 42.2 Å². The van der Waals surface area contributed by atoms with Crippen LogP contribution in [0.2, 0.25) is 0 Å². The molecule has 2 aromatic carbocycles. The van der Waals surface area contributed by atoms with E-state index in [2.05, 4.69) is 0 Å². The minimum absolute atomic E-state index is 0.00298. The van der Waals surface area contributed by atoms with Crippen molar-refractivity contribution < 1.29 is 19.1 Å². The first-order chi connectivity index (χ1) is 13.7. The second kappa shape index (κ2) is 8.05. The highest BCUT2D eigenvalue weighted by molar-refractivity contribution is 5.95. The van der Waals surface area contributed by atoms with Crippen molar-refractivity contribution in [2.45, 2.75) is 44.2 Å². The van der Waals surface area contributed by atoms with Crippen molar-refractivity contribution in [1.29, 1.82) is 0 Å². The number of nitrogens with zero attached hydrogens (tertiary/aromatic N) is 1. The van der Waals surface area contributed by atoms with Gasteiger partial charge in [-0.2, -0.15) is 0 Å². The van der Waals surface area contributed by atoms with Crippen molar-refractivity contribution >= 4 is 11.9 Å². The third kappa shape index (κ3) is 3.61. The van der Waals surface area contributed by atoms with Crippen molar-refractivity contribution in [1.82, 2.24) is 4.90 Å². The number of esters is 1. The molecule has 2 atom stereocenters. The highest BCUT2D eigenvalue weighted by atomic mass is 16.5. The van der Waals surface area contributed by atoms with Crippen LogP contribution in [0.15, 0.2) is 48.5 Å². The summed E-state index contributed by atoms with van der Waals surface area (Å²) in [7, 11) is 1.64. The summed E-state index contributed by atoms with van der Waals surface area (Å²) in [5, 5.41) is 0. The van der Waals surface area contributed by atoms with Gasteiger partial charge < -0.3 is 14.4 Å². The number of carbonyl (C=O) groups is 2. The molecule has 146 valence electrons. The molecule has 0 N–H and O–H groups in total. The molecule has 28 heavy (non-hydrogen) atoms. The fourth-order valence-corrected chi connectivity index (χ4v) is 4.20. The van der Waals surface area contributed by atoms with Crippen LogP contribution in [0.3, 0.4) is 0 Å². The second-order valence-electron chi connectivity index (χ2n) is 7.43. The van der Waals surface area contributed by atoms with Gasteiger partial charge in [0.1, 0.15) is 5.75 Å². The van der Waals surface area contributed by atoms with Gasteiger partial charge in [-0.15, -0.1) is 0 Å². The Hall–Kier alpha value is -2.82. The normalized spacial score (nSPS) is 22.0. The number of benzene rings is 2. The van der Waals surface area contributed by atoms with Gasteiger partial charge in [-0.25, -0.2) is 4.79 Å². The van der Waals surface area contributed by atoms with Gasteiger partial charge in [0.2, 0.25) is 0 Å². The lowest BCUT2D eigenvalue weighted by atomic mass is 9.96. The lowest BCUT2D eigenvalue weighted by molar-refractivity contribution is -0.143. The minimum atomic E-state index is -0.749. The third-order valence-corrected chi connectivity index (χ3v) is 5.70. The summed E-state index contributed by atoms with van der Waals surface area (Å²) in [5.74, 6) is 0.301.